The predicted molar refractivity (Wildman–Crippen MR) is 130 cm³/mol. The van der Waals surface area contributed by atoms with Crippen molar-refractivity contribution in [1.29, 1.82) is 0 Å². The molecule has 3 aromatic carbocycles. The summed E-state index contributed by atoms with van der Waals surface area (Å²) >= 11 is 0. The molecule has 0 fully saturated rings. The fraction of sp³-hybridized carbons (Fsp3) is 0.0385. The zero-order chi connectivity index (χ0) is 22.4. The third-order valence-corrected chi connectivity index (χ3v) is 5.58. The first kappa shape index (κ1) is 19.1. The second kappa shape index (κ2) is 7.49. The van der Waals surface area contributed by atoms with Gasteiger partial charge >= 0.3 is 0 Å². The van der Waals surface area contributed by atoms with Gasteiger partial charge in [0, 0.05) is 0 Å². The number of aromatic nitrogens is 5. The summed E-state index contributed by atoms with van der Waals surface area (Å²) in [4.78, 5) is 27.8. The minimum absolute atomic E-state index is 0.216. The van der Waals surface area contributed by atoms with Crippen LogP contribution in [-0.4, -0.2) is 30.4 Å². The number of nitrogens with zero attached hydrogens (tertiary/aromatic N) is 6. The topological polar surface area (TPSA) is 78.0 Å². The van der Waals surface area contributed by atoms with E-state index >= 15 is 0 Å². The van der Waals surface area contributed by atoms with Gasteiger partial charge in [0.1, 0.15) is 17.2 Å². The number of hydrogen-bond donors (Lipinski definition) is 0. The molecule has 33 heavy (non-hydrogen) atoms. The largest absolute Gasteiger partial charge is 0.269 e. The number of rotatable bonds is 3. The highest BCUT2D eigenvalue weighted by molar-refractivity contribution is 6.05. The first-order valence-electron chi connectivity index (χ1n) is 10.5. The van der Waals surface area contributed by atoms with Gasteiger partial charge in [0.15, 0.2) is 11.3 Å². The van der Waals surface area contributed by atoms with Gasteiger partial charge in [0.05, 0.1) is 22.9 Å². The van der Waals surface area contributed by atoms with Crippen LogP contribution in [0, 0.1) is 6.92 Å². The summed E-state index contributed by atoms with van der Waals surface area (Å²) in [5, 5.41) is 5.02. The molecule has 3 aromatic heterocycles. The normalized spacial score (nSPS) is 11.8. The van der Waals surface area contributed by atoms with Crippen molar-refractivity contribution < 1.29 is 0 Å². The summed E-state index contributed by atoms with van der Waals surface area (Å²) < 4.78 is 3.13. The Kier molecular flexibility index (Phi) is 4.33. The minimum atomic E-state index is -0.216. The van der Waals surface area contributed by atoms with Gasteiger partial charge in [-0.25, -0.2) is 15.0 Å². The van der Waals surface area contributed by atoms with E-state index in [1.165, 1.54) is 10.9 Å². The van der Waals surface area contributed by atoms with Crippen LogP contribution in [-0.2, 0) is 0 Å². The maximum atomic E-state index is 13.6. The Balaban J connectivity index is 1.68. The van der Waals surface area contributed by atoms with Crippen LogP contribution in [0.25, 0.3) is 38.9 Å². The summed E-state index contributed by atoms with van der Waals surface area (Å²) in [6.07, 6.45) is 3.26. The molecule has 0 atom stereocenters. The van der Waals surface area contributed by atoms with Crippen molar-refractivity contribution in [3.05, 3.63) is 107 Å². The van der Waals surface area contributed by atoms with Gasteiger partial charge in [-0.2, -0.15) is 9.78 Å². The van der Waals surface area contributed by atoms with E-state index in [1.54, 1.807) is 10.9 Å². The Morgan fingerprint density at radius 3 is 2.27 bits per heavy atom. The molecular formula is C26H18N6O. The third kappa shape index (κ3) is 3.18. The summed E-state index contributed by atoms with van der Waals surface area (Å²) in [7, 11) is 0. The van der Waals surface area contributed by atoms with Gasteiger partial charge in [-0.1, -0.05) is 60.2 Å². The molecule has 6 rings (SSSR count). The lowest BCUT2D eigenvalue weighted by molar-refractivity contribution is 0.906. The van der Waals surface area contributed by atoms with Crippen LogP contribution >= 0.6 is 0 Å². The quantitative estimate of drug-likeness (QED) is 0.388. The zero-order valence-corrected chi connectivity index (χ0v) is 17.8. The van der Waals surface area contributed by atoms with Crippen LogP contribution < -0.4 is 5.56 Å². The lowest BCUT2D eigenvalue weighted by Crippen LogP contribution is -2.18. The van der Waals surface area contributed by atoms with Crippen LogP contribution in [0.3, 0.4) is 0 Å². The summed E-state index contributed by atoms with van der Waals surface area (Å²) in [6, 6.07) is 25.1. The summed E-state index contributed by atoms with van der Waals surface area (Å²) in [6.45, 7) is 2.01. The van der Waals surface area contributed by atoms with Crippen molar-refractivity contribution in [2.24, 2.45) is 5.10 Å². The first-order chi connectivity index (χ1) is 16.2. The fourth-order valence-electron chi connectivity index (χ4n) is 3.88. The molecule has 0 amide bonds. The number of benzene rings is 3. The number of para-hydroxylation sites is 2. The molecule has 0 aliphatic heterocycles. The Morgan fingerprint density at radius 1 is 0.818 bits per heavy atom. The summed E-state index contributed by atoms with van der Waals surface area (Å²) in [5.74, 6) is 0. The maximum absolute atomic E-state index is 13.6. The molecule has 0 saturated heterocycles. The number of fused-ring (bicyclic) bond motifs is 4. The predicted octanol–water partition coefficient (Wildman–Crippen LogP) is 4.47. The van der Waals surface area contributed by atoms with E-state index in [9.17, 15) is 4.79 Å². The zero-order valence-electron chi connectivity index (χ0n) is 17.8. The second-order valence-electron chi connectivity index (χ2n) is 7.81. The van der Waals surface area contributed by atoms with E-state index in [1.807, 2.05) is 85.8 Å². The highest BCUT2D eigenvalue weighted by Crippen LogP contribution is 2.25. The van der Waals surface area contributed by atoms with Crippen molar-refractivity contribution in [3.8, 4) is 5.69 Å². The van der Waals surface area contributed by atoms with Crippen LogP contribution in [0.1, 0.15) is 11.1 Å². The average Bonchev–Trinajstić information content (AvgIpc) is 3.16. The molecule has 0 aliphatic rings. The third-order valence-electron chi connectivity index (χ3n) is 5.58. The lowest BCUT2D eigenvalue weighted by Gasteiger charge is -2.05. The summed E-state index contributed by atoms with van der Waals surface area (Å²) in [5.41, 5.74) is 5.38. The molecule has 0 bridgehead atoms. The van der Waals surface area contributed by atoms with Crippen LogP contribution in [0.4, 0.5) is 0 Å². The molecule has 7 heteroatoms. The fourth-order valence-corrected chi connectivity index (χ4v) is 3.88. The molecular weight excluding hydrogens is 412 g/mol. The standard InChI is InChI=1S/C26H18N6O/c1-17-11-13-19(14-12-17)31-16-27-24-22(26(31)33)23-25(30-21-10-6-5-9-20(21)29-23)32(24)28-15-18-7-3-2-4-8-18/h2-16H,1H3. The highest BCUT2D eigenvalue weighted by atomic mass is 16.1. The monoisotopic (exact) mass is 430 g/mol. The van der Waals surface area contributed by atoms with E-state index in [0.29, 0.717) is 27.7 Å². The van der Waals surface area contributed by atoms with Gasteiger partial charge in [-0.05, 0) is 36.8 Å². The van der Waals surface area contributed by atoms with Crippen LogP contribution in [0.2, 0.25) is 0 Å². The average molecular weight is 430 g/mol. The Morgan fingerprint density at radius 2 is 1.52 bits per heavy atom. The molecule has 158 valence electrons. The van der Waals surface area contributed by atoms with Crippen molar-refractivity contribution in [2.45, 2.75) is 6.92 Å². The van der Waals surface area contributed by atoms with Gasteiger partial charge in [0.25, 0.3) is 5.56 Å². The van der Waals surface area contributed by atoms with Crippen molar-refractivity contribution in [1.82, 2.24) is 24.2 Å². The lowest BCUT2D eigenvalue weighted by atomic mass is 10.2. The van der Waals surface area contributed by atoms with E-state index in [4.69, 9.17) is 9.97 Å². The van der Waals surface area contributed by atoms with E-state index in [0.717, 1.165) is 22.3 Å². The number of aryl methyl sites for hydroxylation is 1. The molecule has 3 heterocycles. The van der Waals surface area contributed by atoms with Gasteiger partial charge in [-0.3, -0.25) is 9.36 Å². The van der Waals surface area contributed by atoms with Crippen LogP contribution in [0.5, 0.6) is 0 Å². The molecule has 0 aliphatic carbocycles. The molecule has 0 saturated carbocycles. The highest BCUT2D eigenvalue weighted by Gasteiger charge is 2.20. The van der Waals surface area contributed by atoms with E-state index in [-0.39, 0.29) is 5.56 Å². The molecule has 0 radical (unpaired) electrons. The van der Waals surface area contributed by atoms with Gasteiger partial charge in [-0.15, -0.1) is 0 Å². The SMILES string of the molecule is Cc1ccc(-n2cnc3c(c2=O)c2nc4ccccc4nc2n3N=Cc2ccccc2)cc1. The first-order valence-corrected chi connectivity index (χ1v) is 10.5. The smallest absolute Gasteiger partial charge is 0.268 e. The molecule has 7 nitrogen and oxygen atoms in total. The van der Waals surface area contributed by atoms with Crippen molar-refractivity contribution in [2.75, 3.05) is 0 Å². The molecule has 0 spiro atoms. The Hall–Kier alpha value is -4.65. The molecule has 0 N–H and O–H groups in total. The minimum Gasteiger partial charge on any atom is -0.268 e. The molecule has 6 aromatic rings. The van der Waals surface area contributed by atoms with Crippen LogP contribution in [0.15, 0.2) is 95.1 Å². The van der Waals surface area contributed by atoms with E-state index < -0.39 is 0 Å². The Labute approximate surface area is 188 Å². The van der Waals surface area contributed by atoms with Crippen molar-refractivity contribution >= 4 is 39.4 Å². The second-order valence-corrected chi connectivity index (χ2v) is 7.81. The maximum Gasteiger partial charge on any atom is 0.269 e. The number of hydrogen-bond acceptors (Lipinski definition) is 5. The van der Waals surface area contributed by atoms with Gasteiger partial charge < -0.3 is 0 Å². The van der Waals surface area contributed by atoms with Crippen molar-refractivity contribution in [3.63, 3.8) is 0 Å². The Bertz CT molecular complexity index is 1730. The molecule has 0 unspecified atom stereocenters. The van der Waals surface area contributed by atoms with E-state index in [2.05, 4.69) is 10.1 Å². The van der Waals surface area contributed by atoms with Gasteiger partial charge in [0.2, 0.25) is 0 Å².